The maximum atomic E-state index is 14.1. The van der Waals surface area contributed by atoms with Crippen molar-refractivity contribution in [3.8, 4) is 17.6 Å². The van der Waals surface area contributed by atoms with E-state index in [2.05, 4.69) is 0 Å². The van der Waals surface area contributed by atoms with Crippen molar-refractivity contribution in [2.45, 2.75) is 26.2 Å². The average Bonchev–Trinajstić information content (AvgIpc) is 2.58. The third kappa shape index (κ3) is 4.76. The molecule has 0 spiro atoms. The van der Waals surface area contributed by atoms with Crippen molar-refractivity contribution in [2.24, 2.45) is 0 Å². The van der Waals surface area contributed by atoms with Crippen LogP contribution in [0.15, 0.2) is 30.3 Å². The monoisotopic (exact) mass is 363 g/mol. The molecule has 0 heterocycles. The summed E-state index contributed by atoms with van der Waals surface area (Å²) in [6.07, 6.45) is 2.85. The lowest BCUT2D eigenvalue weighted by Crippen LogP contribution is -2.11. The Morgan fingerprint density at radius 2 is 1.69 bits per heavy atom. The Kier molecular flexibility index (Phi) is 6.61. The quantitative estimate of drug-likeness (QED) is 0.404. The predicted molar refractivity (Wildman–Crippen MR) is 87.5 cm³/mol. The lowest BCUT2D eigenvalue weighted by Gasteiger charge is -2.09. The van der Waals surface area contributed by atoms with Crippen LogP contribution in [-0.2, 0) is 0 Å². The summed E-state index contributed by atoms with van der Waals surface area (Å²) >= 11 is 0. The van der Waals surface area contributed by atoms with Gasteiger partial charge in [0.05, 0.1) is 12.2 Å². The highest BCUT2D eigenvalue weighted by Gasteiger charge is 2.18. The van der Waals surface area contributed by atoms with Crippen molar-refractivity contribution >= 4 is 5.97 Å². The second-order valence-electron chi connectivity index (χ2n) is 5.46. The van der Waals surface area contributed by atoms with Crippen molar-refractivity contribution in [1.29, 1.82) is 5.26 Å². The molecular formula is C19H16F3NO3. The highest BCUT2D eigenvalue weighted by molar-refractivity contribution is 5.91. The van der Waals surface area contributed by atoms with Crippen LogP contribution in [0, 0.1) is 28.8 Å². The fourth-order valence-electron chi connectivity index (χ4n) is 2.17. The predicted octanol–water partition coefficient (Wildman–Crippen LogP) is 4.76. The number of carbonyl (C=O) groups excluding carboxylic acids is 1. The van der Waals surface area contributed by atoms with E-state index in [1.54, 1.807) is 0 Å². The highest BCUT2D eigenvalue weighted by Crippen LogP contribution is 2.23. The SMILES string of the molecule is CCCCCOc1ccc(C(=O)Oc2cc(F)c(C#N)c(F)c2)c(F)c1. The van der Waals surface area contributed by atoms with Crippen molar-refractivity contribution in [3.63, 3.8) is 0 Å². The molecule has 0 amide bonds. The number of halogens is 3. The van der Waals surface area contributed by atoms with Gasteiger partial charge in [-0.1, -0.05) is 19.8 Å². The van der Waals surface area contributed by atoms with Crippen LogP contribution >= 0.6 is 0 Å². The van der Waals surface area contributed by atoms with Gasteiger partial charge < -0.3 is 9.47 Å². The third-order valence-corrected chi connectivity index (χ3v) is 3.52. The molecule has 0 aliphatic carbocycles. The van der Waals surface area contributed by atoms with Gasteiger partial charge in [0.2, 0.25) is 0 Å². The van der Waals surface area contributed by atoms with Crippen molar-refractivity contribution in [1.82, 2.24) is 0 Å². The minimum Gasteiger partial charge on any atom is -0.493 e. The molecule has 0 fully saturated rings. The van der Waals surface area contributed by atoms with Crippen LogP contribution in [0.5, 0.6) is 11.5 Å². The van der Waals surface area contributed by atoms with E-state index in [-0.39, 0.29) is 5.75 Å². The first-order valence-electron chi connectivity index (χ1n) is 8.00. The zero-order valence-corrected chi connectivity index (χ0v) is 14.0. The lowest BCUT2D eigenvalue weighted by molar-refractivity contribution is 0.0729. The van der Waals surface area contributed by atoms with Crippen molar-refractivity contribution in [3.05, 3.63) is 58.9 Å². The van der Waals surface area contributed by atoms with E-state index >= 15 is 0 Å². The molecule has 4 nitrogen and oxygen atoms in total. The van der Waals surface area contributed by atoms with Gasteiger partial charge in [-0.2, -0.15) is 5.26 Å². The van der Waals surface area contributed by atoms with E-state index in [0.717, 1.165) is 25.3 Å². The Hall–Kier alpha value is -3.01. The molecule has 0 aliphatic rings. The Balaban J connectivity index is 2.09. The number of hydrogen-bond acceptors (Lipinski definition) is 4. The van der Waals surface area contributed by atoms with E-state index < -0.39 is 40.3 Å². The van der Waals surface area contributed by atoms with Crippen LogP contribution in [0.4, 0.5) is 13.2 Å². The standard InChI is InChI=1S/C19H16F3NO3/c1-2-3-4-7-25-12-5-6-14(16(20)8-12)19(24)26-13-9-17(21)15(11-23)18(22)10-13/h5-6,8-10H,2-4,7H2,1H3. The molecule has 0 bridgehead atoms. The summed E-state index contributed by atoms with van der Waals surface area (Å²) in [5, 5.41) is 8.60. The molecule has 0 N–H and O–H groups in total. The topological polar surface area (TPSA) is 59.3 Å². The molecule has 0 atom stereocenters. The van der Waals surface area contributed by atoms with E-state index in [4.69, 9.17) is 14.7 Å². The first kappa shape index (κ1) is 19.3. The zero-order chi connectivity index (χ0) is 19.1. The molecule has 0 unspecified atom stereocenters. The second kappa shape index (κ2) is 8.90. The minimum atomic E-state index is -1.17. The first-order valence-corrected chi connectivity index (χ1v) is 8.00. The summed E-state index contributed by atoms with van der Waals surface area (Å²) in [5.74, 6) is -4.55. The molecule has 0 aliphatic heterocycles. The smallest absolute Gasteiger partial charge is 0.346 e. The molecule has 2 rings (SSSR count). The Morgan fingerprint density at radius 1 is 1.04 bits per heavy atom. The van der Waals surface area contributed by atoms with Crippen molar-refractivity contribution < 1.29 is 27.4 Å². The van der Waals surface area contributed by atoms with E-state index in [0.29, 0.717) is 18.7 Å². The number of nitrogens with zero attached hydrogens (tertiary/aromatic N) is 1. The summed E-state index contributed by atoms with van der Waals surface area (Å²) in [7, 11) is 0. The van der Waals surface area contributed by atoms with E-state index in [9.17, 15) is 18.0 Å². The van der Waals surface area contributed by atoms with Crippen molar-refractivity contribution in [2.75, 3.05) is 6.61 Å². The molecule has 2 aromatic carbocycles. The molecule has 26 heavy (non-hydrogen) atoms. The van der Waals surface area contributed by atoms with E-state index in [1.165, 1.54) is 18.2 Å². The Morgan fingerprint density at radius 3 is 2.27 bits per heavy atom. The van der Waals surface area contributed by atoms with Crippen LogP contribution in [0.3, 0.4) is 0 Å². The first-order chi connectivity index (χ1) is 12.5. The fourth-order valence-corrected chi connectivity index (χ4v) is 2.17. The number of nitriles is 1. The van der Waals surface area contributed by atoms with Gasteiger partial charge in [0.25, 0.3) is 0 Å². The second-order valence-corrected chi connectivity index (χ2v) is 5.46. The number of ether oxygens (including phenoxy) is 2. The molecule has 136 valence electrons. The number of rotatable bonds is 7. The van der Waals surface area contributed by atoms with Gasteiger partial charge >= 0.3 is 5.97 Å². The molecule has 2 aromatic rings. The highest BCUT2D eigenvalue weighted by atomic mass is 19.1. The molecular weight excluding hydrogens is 347 g/mol. The number of unbranched alkanes of at least 4 members (excludes halogenated alkanes) is 2. The van der Waals surface area contributed by atoms with Crippen LogP contribution in [0.2, 0.25) is 0 Å². The van der Waals surface area contributed by atoms with Gasteiger partial charge in [-0.05, 0) is 18.6 Å². The van der Waals surface area contributed by atoms with Gasteiger partial charge in [-0.3, -0.25) is 0 Å². The van der Waals surface area contributed by atoms with Gasteiger partial charge in [0, 0.05) is 18.2 Å². The maximum absolute atomic E-state index is 14.1. The Labute approximate surface area is 148 Å². The largest absolute Gasteiger partial charge is 0.493 e. The van der Waals surface area contributed by atoms with E-state index in [1.807, 2.05) is 6.92 Å². The van der Waals surface area contributed by atoms with Gasteiger partial charge in [0.1, 0.15) is 40.6 Å². The molecule has 0 saturated heterocycles. The van der Waals surface area contributed by atoms with Gasteiger partial charge in [0.15, 0.2) is 0 Å². The molecule has 0 aromatic heterocycles. The summed E-state index contributed by atoms with van der Waals surface area (Å²) in [4.78, 5) is 12.0. The van der Waals surface area contributed by atoms with Crippen LogP contribution in [0.1, 0.15) is 42.1 Å². The number of esters is 1. The van der Waals surface area contributed by atoms with Crippen LogP contribution in [0.25, 0.3) is 0 Å². The maximum Gasteiger partial charge on any atom is 0.346 e. The minimum absolute atomic E-state index is 0.269. The summed E-state index contributed by atoms with van der Waals surface area (Å²) in [6.45, 7) is 2.48. The van der Waals surface area contributed by atoms with Crippen LogP contribution < -0.4 is 9.47 Å². The lowest BCUT2D eigenvalue weighted by atomic mass is 10.2. The summed E-state index contributed by atoms with van der Waals surface area (Å²) < 4.78 is 51.3. The molecule has 7 heteroatoms. The Bertz CT molecular complexity index is 823. The summed E-state index contributed by atoms with van der Waals surface area (Å²) in [5.41, 5.74) is -1.20. The zero-order valence-electron chi connectivity index (χ0n) is 14.0. The summed E-state index contributed by atoms with van der Waals surface area (Å²) in [6, 6.07) is 6.34. The van der Waals surface area contributed by atoms with Gasteiger partial charge in [-0.15, -0.1) is 0 Å². The number of carbonyl (C=O) groups is 1. The average molecular weight is 363 g/mol. The molecule has 0 radical (unpaired) electrons. The number of hydrogen-bond donors (Lipinski definition) is 0. The fraction of sp³-hybridized carbons (Fsp3) is 0.263. The molecule has 0 saturated carbocycles. The van der Waals surface area contributed by atoms with Crippen LogP contribution in [-0.4, -0.2) is 12.6 Å². The van der Waals surface area contributed by atoms with Gasteiger partial charge in [-0.25, -0.2) is 18.0 Å². The number of benzene rings is 2. The third-order valence-electron chi connectivity index (χ3n) is 3.52. The normalized spacial score (nSPS) is 10.3.